The number of aromatic nitrogens is 5. The van der Waals surface area contributed by atoms with Crippen LogP contribution in [0.5, 0.6) is 0 Å². The van der Waals surface area contributed by atoms with Crippen molar-refractivity contribution in [1.82, 2.24) is 24.9 Å². The van der Waals surface area contributed by atoms with Crippen LogP contribution in [0.25, 0.3) is 122 Å². The Morgan fingerprint density at radius 2 is 0.906 bits per heavy atom. The quantitative estimate of drug-likeness (QED) is 0.118. The summed E-state index contributed by atoms with van der Waals surface area (Å²) in [6.45, 7) is 0. The lowest BCUT2D eigenvalue weighted by Crippen LogP contribution is -1.95. The molecule has 298 valence electrons. The molecule has 0 aliphatic rings. The van der Waals surface area contributed by atoms with Crippen molar-refractivity contribution in [1.29, 1.82) is 0 Å². The molecule has 0 spiro atoms. The van der Waals surface area contributed by atoms with Crippen molar-refractivity contribution in [2.24, 2.45) is 0 Å². The molecule has 0 unspecified atom stereocenters. The Bertz CT molecular complexity index is 3580. The van der Waals surface area contributed by atoms with Crippen molar-refractivity contribution in [2.75, 3.05) is 0 Å². The molecule has 12 aromatic rings. The summed E-state index contributed by atoms with van der Waals surface area (Å²) in [5.41, 5.74) is 16.8. The molecule has 0 radical (unpaired) electrons. The molecule has 0 N–H and O–H groups in total. The van der Waals surface area contributed by atoms with Crippen molar-refractivity contribution in [3.8, 4) is 78.5 Å². The first-order chi connectivity index (χ1) is 31.7. The van der Waals surface area contributed by atoms with E-state index < -0.39 is 0 Å². The van der Waals surface area contributed by atoms with Crippen molar-refractivity contribution in [3.63, 3.8) is 0 Å². The van der Waals surface area contributed by atoms with Crippen LogP contribution in [-0.4, -0.2) is 24.9 Å². The fraction of sp³-hybridized carbons (Fsp3) is 0. The van der Waals surface area contributed by atoms with Crippen LogP contribution in [0.4, 0.5) is 0 Å². The van der Waals surface area contributed by atoms with Crippen molar-refractivity contribution in [2.45, 2.75) is 0 Å². The molecule has 0 aliphatic carbocycles. The molecule has 0 atom stereocenters. The van der Waals surface area contributed by atoms with Crippen molar-refractivity contribution < 1.29 is 0 Å². The van der Waals surface area contributed by atoms with Gasteiger partial charge in [0.05, 0.1) is 45.0 Å². The number of para-hydroxylation sites is 1. The number of rotatable bonds is 7. The van der Waals surface area contributed by atoms with Gasteiger partial charge >= 0.3 is 0 Å². The number of fused-ring (bicyclic) bond motifs is 5. The van der Waals surface area contributed by atoms with Crippen molar-refractivity contribution >= 4 is 43.5 Å². The number of benzene rings is 7. The summed E-state index contributed by atoms with van der Waals surface area (Å²) >= 11 is 0. The number of hydrogen-bond acceptors (Lipinski definition) is 5. The first kappa shape index (κ1) is 37.1. The SMILES string of the molecule is c1ccc(-c2ccc(-c3cc(-c4ccc(-c5ccc6ccc7c(-c8ccccc8)c8ccccc8nc7c6n5)c5ccccc45)cc(-c4ccc(-c5ccccn5)cc4)n3)nc2)cc1. The smallest absolute Gasteiger partial charge is 0.0978 e. The molecule has 12 rings (SSSR count). The summed E-state index contributed by atoms with van der Waals surface area (Å²) in [5.74, 6) is 0. The third kappa shape index (κ3) is 6.64. The highest BCUT2D eigenvalue weighted by molar-refractivity contribution is 6.16. The van der Waals surface area contributed by atoms with E-state index >= 15 is 0 Å². The minimum Gasteiger partial charge on any atom is -0.256 e. The second kappa shape index (κ2) is 15.7. The lowest BCUT2D eigenvalue weighted by molar-refractivity contribution is 1.25. The molecule has 0 saturated carbocycles. The summed E-state index contributed by atoms with van der Waals surface area (Å²) in [7, 11) is 0. The van der Waals surface area contributed by atoms with Crippen LogP contribution in [0.3, 0.4) is 0 Å². The zero-order valence-corrected chi connectivity index (χ0v) is 34.6. The van der Waals surface area contributed by atoms with E-state index in [4.69, 9.17) is 19.9 Å². The Hall–Kier alpha value is -8.67. The van der Waals surface area contributed by atoms with Crippen LogP contribution in [0.2, 0.25) is 0 Å². The Kier molecular flexibility index (Phi) is 9.08. The van der Waals surface area contributed by atoms with E-state index in [-0.39, 0.29) is 0 Å². The van der Waals surface area contributed by atoms with Gasteiger partial charge in [-0.05, 0) is 75.5 Å². The third-order valence-electron chi connectivity index (χ3n) is 12.2. The third-order valence-corrected chi connectivity index (χ3v) is 12.2. The second-order valence-electron chi connectivity index (χ2n) is 16.0. The predicted molar refractivity (Wildman–Crippen MR) is 263 cm³/mol. The molecule has 0 fully saturated rings. The van der Waals surface area contributed by atoms with Gasteiger partial charge in [-0.1, -0.05) is 170 Å². The van der Waals surface area contributed by atoms with Gasteiger partial charge < -0.3 is 0 Å². The van der Waals surface area contributed by atoms with Crippen molar-refractivity contribution in [3.05, 3.63) is 225 Å². The maximum Gasteiger partial charge on any atom is 0.0978 e. The summed E-state index contributed by atoms with van der Waals surface area (Å²) in [4.78, 5) is 25.5. The van der Waals surface area contributed by atoms with E-state index in [0.717, 1.165) is 116 Å². The molecule has 0 saturated heterocycles. The van der Waals surface area contributed by atoms with Crippen LogP contribution in [0, 0.1) is 0 Å². The molecule has 0 aliphatic heterocycles. The molecule has 5 nitrogen and oxygen atoms in total. The van der Waals surface area contributed by atoms with Crippen LogP contribution < -0.4 is 0 Å². The Balaban J connectivity index is 1.01. The maximum absolute atomic E-state index is 5.45. The van der Waals surface area contributed by atoms with E-state index in [0.29, 0.717) is 0 Å². The first-order valence-corrected chi connectivity index (χ1v) is 21.5. The van der Waals surface area contributed by atoms with E-state index in [2.05, 4.69) is 181 Å². The first-order valence-electron chi connectivity index (χ1n) is 21.5. The van der Waals surface area contributed by atoms with Crippen LogP contribution in [-0.2, 0) is 0 Å². The fourth-order valence-electron chi connectivity index (χ4n) is 9.03. The van der Waals surface area contributed by atoms with Gasteiger partial charge in [0, 0.05) is 56.4 Å². The lowest BCUT2D eigenvalue weighted by Gasteiger charge is -2.15. The Labute approximate surface area is 370 Å². The topological polar surface area (TPSA) is 64.5 Å². The number of pyridine rings is 5. The van der Waals surface area contributed by atoms with Gasteiger partial charge in [0.15, 0.2) is 0 Å². The monoisotopic (exact) mass is 815 g/mol. The maximum atomic E-state index is 5.45. The summed E-state index contributed by atoms with van der Waals surface area (Å²) in [6, 6.07) is 74.1. The minimum absolute atomic E-state index is 0.798. The van der Waals surface area contributed by atoms with Gasteiger partial charge in [0.1, 0.15) is 0 Å². The van der Waals surface area contributed by atoms with E-state index in [1.807, 2.05) is 48.8 Å². The van der Waals surface area contributed by atoms with Gasteiger partial charge in [-0.2, -0.15) is 0 Å². The van der Waals surface area contributed by atoms with Gasteiger partial charge in [0.25, 0.3) is 0 Å². The van der Waals surface area contributed by atoms with Crippen LogP contribution >= 0.6 is 0 Å². The largest absolute Gasteiger partial charge is 0.256 e. The highest BCUT2D eigenvalue weighted by Crippen LogP contribution is 2.41. The summed E-state index contributed by atoms with van der Waals surface area (Å²) in [6.07, 6.45) is 3.76. The lowest BCUT2D eigenvalue weighted by atomic mass is 9.92. The van der Waals surface area contributed by atoms with E-state index in [9.17, 15) is 0 Å². The predicted octanol–water partition coefficient (Wildman–Crippen LogP) is 14.9. The highest BCUT2D eigenvalue weighted by atomic mass is 14.8. The number of nitrogens with zero attached hydrogens (tertiary/aromatic N) is 5. The molecule has 0 amide bonds. The molecule has 5 aromatic heterocycles. The zero-order chi connectivity index (χ0) is 42.4. The average Bonchev–Trinajstić information content (AvgIpc) is 3.38. The van der Waals surface area contributed by atoms with Gasteiger partial charge in [0.2, 0.25) is 0 Å². The minimum atomic E-state index is 0.798. The molecular formula is C59H37N5. The second-order valence-corrected chi connectivity index (χ2v) is 16.0. The molecule has 64 heavy (non-hydrogen) atoms. The molecule has 5 heteroatoms. The highest BCUT2D eigenvalue weighted by Gasteiger charge is 2.18. The van der Waals surface area contributed by atoms with Gasteiger partial charge in [-0.25, -0.2) is 15.0 Å². The van der Waals surface area contributed by atoms with E-state index in [1.54, 1.807) is 0 Å². The normalized spacial score (nSPS) is 11.4. The van der Waals surface area contributed by atoms with E-state index in [1.165, 1.54) is 5.56 Å². The molecule has 0 bridgehead atoms. The molecule has 7 aromatic carbocycles. The van der Waals surface area contributed by atoms with Gasteiger partial charge in [-0.3, -0.25) is 9.97 Å². The Morgan fingerprint density at radius 3 is 1.66 bits per heavy atom. The summed E-state index contributed by atoms with van der Waals surface area (Å²) < 4.78 is 0. The molecule has 5 heterocycles. The molecular weight excluding hydrogens is 779 g/mol. The van der Waals surface area contributed by atoms with Crippen LogP contribution in [0.15, 0.2) is 225 Å². The Morgan fingerprint density at radius 1 is 0.281 bits per heavy atom. The average molecular weight is 816 g/mol. The number of hydrogen-bond donors (Lipinski definition) is 0. The van der Waals surface area contributed by atoms with Gasteiger partial charge in [-0.15, -0.1) is 0 Å². The zero-order valence-electron chi connectivity index (χ0n) is 34.6. The van der Waals surface area contributed by atoms with Crippen LogP contribution in [0.1, 0.15) is 0 Å². The fourth-order valence-corrected chi connectivity index (χ4v) is 9.03. The summed E-state index contributed by atoms with van der Waals surface area (Å²) in [5, 5.41) is 5.50. The standard InChI is InChI=1S/C59H37N5/c1-3-13-38(14-4-1)43-28-33-54(61-37-43)56-36-44(35-55(62-56)40-24-22-39(23-25-40)51-20-11-12-34-60-51)45-30-31-48(47-18-8-7-17-46(45)47)53-32-27-42-26-29-50-57(41-15-5-2-6-16-41)49-19-9-10-21-52(49)64-59(50)58(42)63-53/h1-37H.